The first kappa shape index (κ1) is 18.5. The summed E-state index contributed by atoms with van der Waals surface area (Å²) in [6, 6.07) is 11.4. The number of amides is 2. The average molecular weight is 317 g/mol. The second-order valence-corrected chi connectivity index (χ2v) is 5.82. The van der Waals surface area contributed by atoms with Crippen LogP contribution >= 0.6 is 0 Å². The van der Waals surface area contributed by atoms with Gasteiger partial charge in [0.15, 0.2) is 0 Å². The molecule has 0 saturated carbocycles. The van der Waals surface area contributed by atoms with E-state index in [0.717, 1.165) is 5.56 Å². The van der Waals surface area contributed by atoms with E-state index < -0.39 is 11.6 Å². The molecule has 6 heteroatoms. The number of hydrogen-bond acceptors (Lipinski definition) is 4. The van der Waals surface area contributed by atoms with Crippen LogP contribution < -0.4 is 10.6 Å². The number of alkyl carbamates (subject to hydrolysis) is 1. The third-order valence-corrected chi connectivity index (χ3v) is 3.41. The summed E-state index contributed by atoms with van der Waals surface area (Å²) in [6.45, 7) is 3.63. The van der Waals surface area contributed by atoms with E-state index in [1.165, 1.54) is 0 Å². The predicted octanol–water partition coefficient (Wildman–Crippen LogP) is 2.36. The number of carbonyl (C=O) groups is 2. The zero-order valence-electron chi connectivity index (χ0n) is 13.8. The van der Waals surface area contributed by atoms with Gasteiger partial charge < -0.3 is 15.4 Å². The van der Waals surface area contributed by atoms with Gasteiger partial charge in [-0.25, -0.2) is 4.79 Å². The number of nitrogens with zero attached hydrogens (tertiary/aromatic N) is 1. The Kier molecular flexibility index (Phi) is 7.07. The molecule has 0 radical (unpaired) electrons. The van der Waals surface area contributed by atoms with Gasteiger partial charge in [0.2, 0.25) is 5.91 Å². The molecular weight excluding hydrogens is 294 g/mol. The van der Waals surface area contributed by atoms with Gasteiger partial charge in [-0.2, -0.15) is 5.26 Å². The summed E-state index contributed by atoms with van der Waals surface area (Å²) >= 11 is 0. The molecule has 0 fully saturated rings. The Balaban J connectivity index is 2.51. The molecular formula is C17H23N3O3. The first-order chi connectivity index (χ1) is 10.9. The van der Waals surface area contributed by atoms with Crippen molar-refractivity contribution in [2.24, 2.45) is 5.92 Å². The lowest BCUT2D eigenvalue weighted by molar-refractivity contribution is -0.121. The zero-order valence-corrected chi connectivity index (χ0v) is 13.8. The quantitative estimate of drug-likeness (QED) is 0.807. The molecule has 6 nitrogen and oxygen atoms in total. The molecule has 0 aliphatic heterocycles. The molecule has 0 heterocycles. The molecule has 1 aromatic rings. The molecule has 23 heavy (non-hydrogen) atoms. The minimum absolute atomic E-state index is 0.0472. The standard InChI is InChI=1S/C17H23N3O3/c1-13(9-15(21)19-3)10-17(2,12-18)20-16(22)23-11-14-7-5-4-6-8-14/h4-8,13H,9-11H2,1-3H3,(H,19,21)(H,20,22). The van der Waals surface area contributed by atoms with Crippen molar-refractivity contribution in [3.8, 4) is 6.07 Å². The largest absolute Gasteiger partial charge is 0.445 e. The maximum absolute atomic E-state index is 11.9. The number of carbonyl (C=O) groups excluding carboxylic acids is 2. The summed E-state index contributed by atoms with van der Waals surface area (Å²) in [5.41, 5.74) is -0.212. The van der Waals surface area contributed by atoms with Gasteiger partial charge in [-0.1, -0.05) is 37.3 Å². The SMILES string of the molecule is CNC(=O)CC(C)CC(C)(C#N)NC(=O)OCc1ccccc1. The van der Waals surface area contributed by atoms with Crippen molar-refractivity contribution in [2.75, 3.05) is 7.05 Å². The minimum atomic E-state index is -1.08. The van der Waals surface area contributed by atoms with Crippen LogP contribution in [0.3, 0.4) is 0 Å². The highest BCUT2D eigenvalue weighted by Crippen LogP contribution is 2.19. The van der Waals surface area contributed by atoms with Crippen LogP contribution in [0.15, 0.2) is 30.3 Å². The molecule has 2 atom stereocenters. The molecule has 0 saturated heterocycles. The van der Waals surface area contributed by atoms with Gasteiger partial charge in [0.1, 0.15) is 12.1 Å². The van der Waals surface area contributed by atoms with Crippen LogP contribution in [0.25, 0.3) is 0 Å². The Hall–Kier alpha value is -2.55. The van der Waals surface area contributed by atoms with E-state index >= 15 is 0 Å². The minimum Gasteiger partial charge on any atom is -0.445 e. The lowest BCUT2D eigenvalue weighted by atomic mass is 9.89. The number of ether oxygens (including phenoxy) is 1. The van der Waals surface area contributed by atoms with E-state index in [1.807, 2.05) is 37.3 Å². The van der Waals surface area contributed by atoms with E-state index in [-0.39, 0.29) is 18.4 Å². The number of nitrogens with one attached hydrogen (secondary N) is 2. The summed E-state index contributed by atoms with van der Waals surface area (Å²) in [5, 5.41) is 14.5. The van der Waals surface area contributed by atoms with Crippen molar-refractivity contribution in [1.82, 2.24) is 10.6 Å². The van der Waals surface area contributed by atoms with Crippen LogP contribution in [0.2, 0.25) is 0 Å². The van der Waals surface area contributed by atoms with Crippen LogP contribution in [0.5, 0.6) is 0 Å². The van der Waals surface area contributed by atoms with E-state index in [2.05, 4.69) is 16.7 Å². The van der Waals surface area contributed by atoms with Crippen LogP contribution in [0.4, 0.5) is 4.79 Å². The first-order valence-electron chi connectivity index (χ1n) is 7.49. The van der Waals surface area contributed by atoms with Gasteiger partial charge in [-0.3, -0.25) is 4.79 Å². The third kappa shape index (κ3) is 6.83. The summed E-state index contributed by atoms with van der Waals surface area (Å²) in [5.74, 6) is -0.140. The molecule has 0 bridgehead atoms. The van der Waals surface area contributed by atoms with Gasteiger partial charge in [-0.05, 0) is 24.8 Å². The number of benzene rings is 1. The Morgan fingerprint density at radius 1 is 1.35 bits per heavy atom. The molecule has 124 valence electrons. The van der Waals surface area contributed by atoms with Crippen molar-refractivity contribution in [2.45, 2.75) is 38.8 Å². The summed E-state index contributed by atoms with van der Waals surface area (Å²) in [4.78, 5) is 23.3. The molecule has 0 aliphatic rings. The number of rotatable bonds is 7. The fourth-order valence-corrected chi connectivity index (χ4v) is 2.30. The van der Waals surface area contributed by atoms with Crippen molar-refractivity contribution in [1.29, 1.82) is 5.26 Å². The van der Waals surface area contributed by atoms with Gasteiger partial charge in [0.05, 0.1) is 6.07 Å². The summed E-state index contributed by atoms with van der Waals surface area (Å²) in [6.07, 6.45) is 0.0105. The Labute approximate surface area is 136 Å². The summed E-state index contributed by atoms with van der Waals surface area (Å²) in [7, 11) is 1.57. The van der Waals surface area contributed by atoms with Crippen LogP contribution in [0, 0.1) is 17.2 Å². The zero-order chi connectivity index (χ0) is 17.3. The first-order valence-corrected chi connectivity index (χ1v) is 7.49. The molecule has 1 rings (SSSR count). The molecule has 2 unspecified atom stereocenters. The Morgan fingerprint density at radius 3 is 2.57 bits per heavy atom. The Morgan fingerprint density at radius 2 is 2.00 bits per heavy atom. The highest BCUT2D eigenvalue weighted by molar-refractivity contribution is 5.75. The van der Waals surface area contributed by atoms with E-state index in [4.69, 9.17) is 4.74 Å². The molecule has 2 N–H and O–H groups in total. The smallest absolute Gasteiger partial charge is 0.408 e. The topological polar surface area (TPSA) is 91.2 Å². The molecule has 0 aliphatic carbocycles. The second kappa shape index (κ2) is 8.79. The molecule has 0 aromatic heterocycles. The fraction of sp³-hybridized carbons (Fsp3) is 0.471. The lowest BCUT2D eigenvalue weighted by Gasteiger charge is -2.25. The molecule has 1 aromatic carbocycles. The number of nitriles is 1. The highest BCUT2D eigenvalue weighted by Gasteiger charge is 2.29. The van der Waals surface area contributed by atoms with Gasteiger partial charge in [0, 0.05) is 13.5 Å². The number of hydrogen-bond donors (Lipinski definition) is 2. The maximum Gasteiger partial charge on any atom is 0.408 e. The van der Waals surface area contributed by atoms with Gasteiger partial charge >= 0.3 is 6.09 Å². The van der Waals surface area contributed by atoms with Crippen LogP contribution in [-0.4, -0.2) is 24.6 Å². The monoisotopic (exact) mass is 317 g/mol. The van der Waals surface area contributed by atoms with Crippen molar-refractivity contribution in [3.05, 3.63) is 35.9 Å². The molecule has 0 spiro atoms. The highest BCUT2D eigenvalue weighted by atomic mass is 16.5. The van der Waals surface area contributed by atoms with Crippen LogP contribution in [0.1, 0.15) is 32.3 Å². The Bertz CT molecular complexity index is 568. The third-order valence-electron chi connectivity index (χ3n) is 3.41. The van der Waals surface area contributed by atoms with Gasteiger partial charge in [0.25, 0.3) is 0 Å². The molecule has 2 amide bonds. The van der Waals surface area contributed by atoms with Crippen molar-refractivity contribution >= 4 is 12.0 Å². The van der Waals surface area contributed by atoms with E-state index in [1.54, 1.807) is 14.0 Å². The maximum atomic E-state index is 11.9. The average Bonchev–Trinajstić information content (AvgIpc) is 2.53. The van der Waals surface area contributed by atoms with E-state index in [9.17, 15) is 14.9 Å². The second-order valence-electron chi connectivity index (χ2n) is 5.82. The summed E-state index contributed by atoms with van der Waals surface area (Å²) < 4.78 is 5.13. The normalized spacial score (nSPS) is 14.0. The van der Waals surface area contributed by atoms with Crippen molar-refractivity contribution in [3.63, 3.8) is 0 Å². The lowest BCUT2D eigenvalue weighted by Crippen LogP contribution is -2.46. The van der Waals surface area contributed by atoms with Crippen molar-refractivity contribution < 1.29 is 14.3 Å². The fourth-order valence-electron chi connectivity index (χ4n) is 2.30. The predicted molar refractivity (Wildman–Crippen MR) is 86.2 cm³/mol. The van der Waals surface area contributed by atoms with Gasteiger partial charge in [-0.15, -0.1) is 0 Å². The van der Waals surface area contributed by atoms with E-state index in [0.29, 0.717) is 12.8 Å². The van der Waals surface area contributed by atoms with Crippen LogP contribution in [-0.2, 0) is 16.1 Å².